The maximum Gasteiger partial charge on any atom is 0.255 e. The van der Waals surface area contributed by atoms with Crippen molar-refractivity contribution < 1.29 is 9.53 Å². The molecule has 1 aromatic heterocycles. The average molecular weight is 277 g/mol. The maximum absolute atomic E-state index is 12.5. The van der Waals surface area contributed by atoms with Gasteiger partial charge >= 0.3 is 0 Å². The molecule has 0 aliphatic carbocycles. The maximum atomic E-state index is 12.5. The van der Waals surface area contributed by atoms with E-state index >= 15 is 0 Å². The van der Waals surface area contributed by atoms with Gasteiger partial charge in [-0.3, -0.25) is 4.79 Å². The van der Waals surface area contributed by atoms with Gasteiger partial charge < -0.3 is 15.4 Å². The van der Waals surface area contributed by atoms with Crippen LogP contribution in [0.1, 0.15) is 44.0 Å². The van der Waals surface area contributed by atoms with E-state index in [1.807, 2.05) is 13.8 Å². The molecule has 1 amide bonds. The van der Waals surface area contributed by atoms with Gasteiger partial charge in [0.15, 0.2) is 0 Å². The van der Waals surface area contributed by atoms with Gasteiger partial charge in [0.2, 0.25) is 0 Å². The van der Waals surface area contributed by atoms with E-state index in [1.54, 1.807) is 18.3 Å². The van der Waals surface area contributed by atoms with E-state index in [9.17, 15) is 4.79 Å². The number of ether oxygens (including phenoxy) is 1. The summed E-state index contributed by atoms with van der Waals surface area (Å²) >= 11 is 0. The average Bonchev–Trinajstić information content (AvgIpc) is 2.76. The van der Waals surface area contributed by atoms with Crippen LogP contribution < -0.4 is 10.6 Å². The molecule has 110 valence electrons. The smallest absolute Gasteiger partial charge is 0.255 e. The van der Waals surface area contributed by atoms with Crippen molar-refractivity contribution in [3.8, 4) is 0 Å². The van der Waals surface area contributed by atoms with Crippen LogP contribution >= 0.6 is 0 Å². The van der Waals surface area contributed by atoms with E-state index < -0.39 is 0 Å². The van der Waals surface area contributed by atoms with Gasteiger partial charge in [0.05, 0.1) is 17.2 Å². The lowest BCUT2D eigenvalue weighted by Gasteiger charge is -2.29. The molecule has 1 aromatic rings. The number of hydrogen-bond donors (Lipinski definition) is 2. The molecule has 0 bridgehead atoms. The number of carbonyl (C=O) groups excluding carboxylic acids is 1. The van der Waals surface area contributed by atoms with E-state index in [-0.39, 0.29) is 17.6 Å². The lowest BCUT2D eigenvalue weighted by molar-refractivity contribution is 0.0728. The molecular weight excluding hydrogens is 254 g/mol. The molecule has 0 spiro atoms. The van der Waals surface area contributed by atoms with Crippen LogP contribution in [-0.2, 0) is 4.74 Å². The van der Waals surface area contributed by atoms with E-state index in [2.05, 4.69) is 22.5 Å². The Hall–Kier alpha value is -1.62. The summed E-state index contributed by atoms with van der Waals surface area (Å²) in [4.78, 5) is 16.7. The number of aromatic nitrogens is 1. The molecule has 5 heteroatoms. The third-order valence-electron chi connectivity index (χ3n) is 3.88. The van der Waals surface area contributed by atoms with Gasteiger partial charge in [-0.15, -0.1) is 0 Å². The minimum absolute atomic E-state index is 0.0233. The van der Waals surface area contributed by atoms with Crippen LogP contribution in [0.5, 0.6) is 0 Å². The summed E-state index contributed by atoms with van der Waals surface area (Å²) in [6.45, 7) is 7.58. The van der Waals surface area contributed by atoms with Crippen LogP contribution in [0.3, 0.4) is 0 Å². The zero-order chi connectivity index (χ0) is 14.6. The Morgan fingerprint density at radius 1 is 1.60 bits per heavy atom. The highest BCUT2D eigenvalue weighted by Crippen LogP contribution is 2.26. The largest absolute Gasteiger partial charge is 0.376 e. The van der Waals surface area contributed by atoms with Crippen molar-refractivity contribution in [2.24, 2.45) is 0 Å². The second-order valence-electron chi connectivity index (χ2n) is 5.46. The molecular formula is C15H23N3O2. The molecule has 1 fully saturated rings. The molecule has 0 aromatic carbocycles. The quantitative estimate of drug-likeness (QED) is 0.866. The van der Waals surface area contributed by atoms with Crippen molar-refractivity contribution in [2.45, 2.75) is 45.3 Å². The number of nitrogens with one attached hydrogen (secondary N) is 2. The van der Waals surface area contributed by atoms with Crippen LogP contribution in [0.15, 0.2) is 18.3 Å². The fourth-order valence-electron chi connectivity index (χ4n) is 2.30. The normalized spacial score (nSPS) is 25.4. The summed E-state index contributed by atoms with van der Waals surface area (Å²) in [6.07, 6.45) is 3.53. The van der Waals surface area contributed by atoms with Crippen LogP contribution in [0, 0.1) is 0 Å². The Morgan fingerprint density at radius 2 is 2.40 bits per heavy atom. The Kier molecular flexibility index (Phi) is 4.60. The first kappa shape index (κ1) is 14.8. The van der Waals surface area contributed by atoms with Crippen molar-refractivity contribution in [3.63, 3.8) is 0 Å². The van der Waals surface area contributed by atoms with Gasteiger partial charge in [0.1, 0.15) is 5.82 Å². The van der Waals surface area contributed by atoms with Gasteiger partial charge in [-0.2, -0.15) is 0 Å². The minimum atomic E-state index is -0.311. The molecule has 1 aliphatic rings. The van der Waals surface area contributed by atoms with E-state index in [0.29, 0.717) is 18.0 Å². The van der Waals surface area contributed by atoms with Gasteiger partial charge in [-0.25, -0.2) is 4.98 Å². The zero-order valence-corrected chi connectivity index (χ0v) is 12.4. The lowest BCUT2D eigenvalue weighted by atomic mass is 9.94. The first-order valence-electron chi connectivity index (χ1n) is 7.20. The number of pyridine rings is 1. The van der Waals surface area contributed by atoms with Crippen LogP contribution in [-0.4, -0.2) is 35.7 Å². The predicted molar refractivity (Wildman–Crippen MR) is 78.9 cm³/mol. The molecule has 1 aliphatic heterocycles. The molecule has 1 saturated heterocycles. The lowest BCUT2D eigenvalue weighted by Crippen LogP contribution is -2.50. The van der Waals surface area contributed by atoms with E-state index in [0.717, 1.165) is 19.4 Å². The third kappa shape index (κ3) is 3.10. The standard InChI is InChI=1S/C15H23N3O2/c1-4-8-16-13-12(6-5-9-17-13)14(19)18-15(3)7-10-20-11(15)2/h5-6,9,11H,4,7-8,10H2,1-3H3,(H,16,17)(H,18,19). The summed E-state index contributed by atoms with van der Waals surface area (Å²) in [6, 6.07) is 3.58. The van der Waals surface area contributed by atoms with E-state index in [1.165, 1.54) is 0 Å². The Morgan fingerprint density at radius 3 is 3.05 bits per heavy atom. The molecule has 2 rings (SSSR count). The SMILES string of the molecule is CCCNc1ncccc1C(=O)NC1(C)CCOC1C. The predicted octanol–water partition coefficient (Wildman–Crippen LogP) is 2.20. The summed E-state index contributed by atoms with van der Waals surface area (Å²) in [5.41, 5.74) is 0.274. The zero-order valence-electron chi connectivity index (χ0n) is 12.4. The highest BCUT2D eigenvalue weighted by molar-refractivity contribution is 5.99. The molecule has 5 nitrogen and oxygen atoms in total. The molecule has 2 atom stereocenters. The number of carbonyl (C=O) groups is 1. The van der Waals surface area contributed by atoms with Crippen LogP contribution in [0.2, 0.25) is 0 Å². The fourth-order valence-corrected chi connectivity index (χ4v) is 2.30. The van der Waals surface area contributed by atoms with Gasteiger partial charge in [-0.1, -0.05) is 6.92 Å². The summed E-state index contributed by atoms with van der Waals surface area (Å²) in [5, 5.41) is 6.28. The van der Waals surface area contributed by atoms with Crippen molar-refractivity contribution in [2.75, 3.05) is 18.5 Å². The summed E-state index contributed by atoms with van der Waals surface area (Å²) < 4.78 is 5.55. The van der Waals surface area contributed by atoms with Gasteiger partial charge in [0.25, 0.3) is 5.91 Å². The molecule has 2 unspecified atom stereocenters. The van der Waals surface area contributed by atoms with Crippen molar-refractivity contribution in [3.05, 3.63) is 23.9 Å². The summed E-state index contributed by atoms with van der Waals surface area (Å²) in [5.74, 6) is 0.540. The first-order chi connectivity index (χ1) is 9.57. The van der Waals surface area contributed by atoms with Crippen molar-refractivity contribution in [1.29, 1.82) is 0 Å². The highest BCUT2D eigenvalue weighted by Gasteiger charge is 2.38. The van der Waals surface area contributed by atoms with Crippen LogP contribution in [0.4, 0.5) is 5.82 Å². The second kappa shape index (κ2) is 6.22. The number of hydrogen-bond acceptors (Lipinski definition) is 4. The molecule has 20 heavy (non-hydrogen) atoms. The summed E-state index contributed by atoms with van der Waals surface area (Å²) in [7, 11) is 0. The molecule has 0 radical (unpaired) electrons. The molecule has 2 N–H and O–H groups in total. The molecule has 2 heterocycles. The van der Waals surface area contributed by atoms with Gasteiger partial charge in [-0.05, 0) is 38.8 Å². The number of amides is 1. The number of rotatable bonds is 5. The Bertz CT molecular complexity index is 478. The fraction of sp³-hybridized carbons (Fsp3) is 0.600. The second-order valence-corrected chi connectivity index (χ2v) is 5.46. The Labute approximate surface area is 120 Å². The highest BCUT2D eigenvalue weighted by atomic mass is 16.5. The minimum Gasteiger partial charge on any atom is -0.376 e. The number of anilines is 1. The number of nitrogens with zero attached hydrogens (tertiary/aromatic N) is 1. The van der Waals surface area contributed by atoms with Crippen molar-refractivity contribution >= 4 is 11.7 Å². The third-order valence-corrected chi connectivity index (χ3v) is 3.88. The Balaban J connectivity index is 2.13. The first-order valence-corrected chi connectivity index (χ1v) is 7.20. The monoisotopic (exact) mass is 277 g/mol. The van der Waals surface area contributed by atoms with E-state index in [4.69, 9.17) is 4.74 Å². The van der Waals surface area contributed by atoms with Crippen molar-refractivity contribution in [1.82, 2.24) is 10.3 Å². The topological polar surface area (TPSA) is 63.2 Å². The van der Waals surface area contributed by atoms with Gasteiger partial charge in [0, 0.05) is 19.3 Å². The van der Waals surface area contributed by atoms with Crippen LogP contribution in [0.25, 0.3) is 0 Å². The molecule has 0 saturated carbocycles.